The van der Waals surface area contributed by atoms with Crippen molar-refractivity contribution < 1.29 is 18.0 Å². The van der Waals surface area contributed by atoms with E-state index in [0.717, 1.165) is 9.69 Å². The van der Waals surface area contributed by atoms with Crippen LogP contribution in [0.4, 0.5) is 11.4 Å². The molecule has 4 rings (SSSR count). The molecule has 0 radical (unpaired) electrons. The van der Waals surface area contributed by atoms with Crippen LogP contribution in [0.1, 0.15) is 10.4 Å². The summed E-state index contributed by atoms with van der Waals surface area (Å²) in [5.41, 5.74) is 1.09. The molecule has 0 aromatic heterocycles. The first-order chi connectivity index (χ1) is 13.4. The van der Waals surface area contributed by atoms with Crippen LogP contribution in [0, 0.1) is 0 Å². The quantitative estimate of drug-likeness (QED) is 0.709. The lowest BCUT2D eigenvalue weighted by atomic mass is 10.1. The highest BCUT2D eigenvalue weighted by atomic mass is 32.2. The Bertz CT molecular complexity index is 1220. The van der Waals surface area contributed by atoms with E-state index in [1.54, 1.807) is 48.5 Å². The summed E-state index contributed by atoms with van der Waals surface area (Å²) >= 11 is 0. The van der Waals surface area contributed by atoms with E-state index in [-0.39, 0.29) is 10.8 Å². The van der Waals surface area contributed by atoms with E-state index in [1.807, 2.05) is 12.1 Å². The van der Waals surface area contributed by atoms with E-state index in [1.165, 1.54) is 7.05 Å². The van der Waals surface area contributed by atoms with Crippen LogP contribution in [0.2, 0.25) is 0 Å². The molecule has 1 heterocycles. The maximum Gasteiger partial charge on any atom is 0.265 e. The third kappa shape index (κ3) is 2.78. The number of nitrogens with one attached hydrogen (secondary N) is 2. The van der Waals surface area contributed by atoms with Crippen LogP contribution in [-0.2, 0) is 14.8 Å². The Balaban J connectivity index is 1.65. The predicted octanol–water partition coefficient (Wildman–Crippen LogP) is 2.35. The van der Waals surface area contributed by atoms with Gasteiger partial charge in [0.2, 0.25) is 5.91 Å². The maximum atomic E-state index is 13.0. The average Bonchev–Trinajstić information content (AvgIpc) is 2.91. The van der Waals surface area contributed by atoms with Gasteiger partial charge in [0, 0.05) is 12.4 Å². The Labute approximate surface area is 162 Å². The lowest BCUT2D eigenvalue weighted by Crippen LogP contribution is -2.36. The number of benzene rings is 3. The Kier molecular flexibility index (Phi) is 4.27. The van der Waals surface area contributed by atoms with Crippen molar-refractivity contribution in [1.82, 2.24) is 5.32 Å². The molecule has 0 atom stereocenters. The Morgan fingerprint density at radius 1 is 0.964 bits per heavy atom. The van der Waals surface area contributed by atoms with Crippen molar-refractivity contribution >= 4 is 44.0 Å². The summed E-state index contributed by atoms with van der Waals surface area (Å²) in [7, 11) is -2.33. The van der Waals surface area contributed by atoms with Crippen LogP contribution in [0.5, 0.6) is 0 Å². The second-order valence-corrected chi connectivity index (χ2v) is 8.15. The van der Waals surface area contributed by atoms with Gasteiger partial charge in [0.15, 0.2) is 0 Å². The zero-order valence-corrected chi connectivity index (χ0v) is 15.8. The highest BCUT2D eigenvalue weighted by molar-refractivity contribution is 7.93. The highest BCUT2D eigenvalue weighted by Crippen LogP contribution is 2.41. The van der Waals surface area contributed by atoms with Gasteiger partial charge in [0.1, 0.15) is 6.54 Å². The summed E-state index contributed by atoms with van der Waals surface area (Å²) < 4.78 is 27.0. The van der Waals surface area contributed by atoms with Crippen LogP contribution in [0.15, 0.2) is 65.6 Å². The molecule has 0 saturated heterocycles. The van der Waals surface area contributed by atoms with Crippen LogP contribution >= 0.6 is 0 Å². The van der Waals surface area contributed by atoms with Gasteiger partial charge >= 0.3 is 0 Å². The standard InChI is InChI=1S/C20H17N3O4S/c1-21-20(25)14-8-2-3-9-15(14)22-18(24)12-23-16-10-4-6-13-7-5-11-17(19(13)16)28(23,26)27/h2-11H,12H2,1H3,(H,21,25)(H,22,24). The summed E-state index contributed by atoms with van der Waals surface area (Å²) in [6, 6.07) is 16.9. The van der Waals surface area contributed by atoms with Crippen LogP contribution < -0.4 is 14.9 Å². The van der Waals surface area contributed by atoms with Crippen molar-refractivity contribution in [2.45, 2.75) is 4.90 Å². The van der Waals surface area contributed by atoms with Crippen molar-refractivity contribution in [3.63, 3.8) is 0 Å². The number of hydrogen-bond donors (Lipinski definition) is 2. The summed E-state index contributed by atoms with van der Waals surface area (Å²) in [6.45, 7) is -0.391. The molecule has 7 nitrogen and oxygen atoms in total. The highest BCUT2D eigenvalue weighted by Gasteiger charge is 2.36. The molecule has 0 bridgehead atoms. The summed E-state index contributed by atoms with van der Waals surface area (Å²) in [6.07, 6.45) is 0. The molecule has 2 amide bonds. The molecule has 0 unspecified atom stereocenters. The first-order valence-corrected chi connectivity index (χ1v) is 10.0. The van der Waals surface area contributed by atoms with Gasteiger partial charge in [-0.2, -0.15) is 0 Å². The van der Waals surface area contributed by atoms with E-state index < -0.39 is 22.5 Å². The number of carbonyl (C=O) groups excluding carboxylic acids is 2. The number of nitrogens with zero attached hydrogens (tertiary/aromatic N) is 1. The molecular formula is C20H17N3O4S. The summed E-state index contributed by atoms with van der Waals surface area (Å²) in [4.78, 5) is 24.8. The molecule has 8 heteroatoms. The van der Waals surface area contributed by atoms with Gasteiger partial charge in [-0.25, -0.2) is 8.42 Å². The van der Waals surface area contributed by atoms with Crippen molar-refractivity contribution in [3.8, 4) is 0 Å². The fourth-order valence-corrected chi connectivity index (χ4v) is 5.04. The molecular weight excluding hydrogens is 378 g/mol. The van der Waals surface area contributed by atoms with Crippen LogP contribution in [0.3, 0.4) is 0 Å². The zero-order valence-electron chi connectivity index (χ0n) is 15.0. The van der Waals surface area contributed by atoms with Gasteiger partial charge in [0.05, 0.1) is 21.8 Å². The van der Waals surface area contributed by atoms with Crippen LogP contribution in [-0.4, -0.2) is 33.8 Å². The number of carbonyl (C=O) groups is 2. The number of anilines is 2. The molecule has 0 aliphatic carbocycles. The van der Waals surface area contributed by atoms with Gasteiger partial charge in [-0.15, -0.1) is 0 Å². The van der Waals surface area contributed by atoms with Gasteiger partial charge < -0.3 is 10.6 Å². The fraction of sp³-hybridized carbons (Fsp3) is 0.100. The smallest absolute Gasteiger partial charge is 0.265 e. The lowest BCUT2D eigenvalue weighted by molar-refractivity contribution is -0.114. The molecule has 0 saturated carbocycles. The lowest BCUT2D eigenvalue weighted by Gasteiger charge is -2.19. The molecule has 142 valence electrons. The number of sulfonamides is 1. The van der Waals surface area contributed by atoms with E-state index >= 15 is 0 Å². The van der Waals surface area contributed by atoms with Gasteiger partial charge in [-0.3, -0.25) is 13.9 Å². The first kappa shape index (κ1) is 18.0. The third-order valence-electron chi connectivity index (χ3n) is 4.64. The van der Waals surface area contributed by atoms with E-state index in [2.05, 4.69) is 10.6 Å². The second kappa shape index (κ2) is 6.65. The molecule has 2 N–H and O–H groups in total. The minimum Gasteiger partial charge on any atom is -0.355 e. The zero-order chi connectivity index (χ0) is 19.9. The normalized spacial score (nSPS) is 14.1. The molecule has 0 spiro atoms. The predicted molar refractivity (Wildman–Crippen MR) is 107 cm³/mol. The molecule has 1 aliphatic heterocycles. The van der Waals surface area contributed by atoms with E-state index in [4.69, 9.17) is 0 Å². The second-order valence-electron chi connectivity index (χ2n) is 6.32. The summed E-state index contributed by atoms with van der Waals surface area (Å²) in [5, 5.41) is 6.57. The maximum absolute atomic E-state index is 13.0. The van der Waals surface area contributed by atoms with Gasteiger partial charge in [-0.1, -0.05) is 36.4 Å². The van der Waals surface area contributed by atoms with Crippen molar-refractivity contribution in [2.75, 3.05) is 23.2 Å². The number of hydrogen-bond acceptors (Lipinski definition) is 4. The van der Waals surface area contributed by atoms with Gasteiger partial charge in [0.25, 0.3) is 15.9 Å². The largest absolute Gasteiger partial charge is 0.355 e. The SMILES string of the molecule is CNC(=O)c1ccccc1NC(=O)CN1c2cccc3cccc(c23)S1(=O)=O. The van der Waals surface area contributed by atoms with E-state index in [9.17, 15) is 18.0 Å². The molecule has 0 fully saturated rings. The average molecular weight is 395 g/mol. The molecule has 3 aromatic carbocycles. The first-order valence-electron chi connectivity index (χ1n) is 8.59. The van der Waals surface area contributed by atoms with Crippen LogP contribution in [0.25, 0.3) is 10.8 Å². The minimum atomic E-state index is -3.82. The third-order valence-corrected chi connectivity index (χ3v) is 6.44. The van der Waals surface area contributed by atoms with E-state index in [0.29, 0.717) is 22.3 Å². The van der Waals surface area contributed by atoms with Gasteiger partial charge in [-0.05, 0) is 29.7 Å². The molecule has 1 aliphatic rings. The van der Waals surface area contributed by atoms with Crippen molar-refractivity contribution in [3.05, 3.63) is 66.2 Å². The Morgan fingerprint density at radius 3 is 2.43 bits per heavy atom. The number of para-hydroxylation sites is 1. The fourth-order valence-electron chi connectivity index (χ4n) is 3.37. The van der Waals surface area contributed by atoms with Crippen molar-refractivity contribution in [2.24, 2.45) is 0 Å². The number of rotatable bonds is 4. The molecule has 28 heavy (non-hydrogen) atoms. The molecule has 3 aromatic rings. The monoisotopic (exact) mass is 395 g/mol. The minimum absolute atomic E-state index is 0.194. The van der Waals surface area contributed by atoms with Crippen molar-refractivity contribution in [1.29, 1.82) is 0 Å². The summed E-state index contributed by atoms with van der Waals surface area (Å²) in [5.74, 6) is -0.883. The topological polar surface area (TPSA) is 95.6 Å². The Morgan fingerprint density at radius 2 is 1.68 bits per heavy atom. The Hall–Kier alpha value is -3.39. The number of amides is 2.